The molecule has 1 unspecified atom stereocenters. The van der Waals surface area contributed by atoms with Crippen molar-refractivity contribution < 1.29 is 14.3 Å². The summed E-state index contributed by atoms with van der Waals surface area (Å²) in [6.45, 7) is 1.12. The lowest BCUT2D eigenvalue weighted by Gasteiger charge is -2.13. The molecule has 1 heterocycles. The number of carbonyl (C=O) groups excluding carboxylic acids is 1. The highest BCUT2D eigenvalue weighted by Crippen LogP contribution is 2.16. The van der Waals surface area contributed by atoms with Crippen molar-refractivity contribution >= 4 is 17.3 Å². The number of rotatable bonds is 6. The van der Waals surface area contributed by atoms with Gasteiger partial charge in [0.25, 0.3) is 0 Å². The molecule has 0 saturated carbocycles. The monoisotopic (exact) mass is 230 g/mol. The van der Waals surface area contributed by atoms with Crippen molar-refractivity contribution in [1.82, 2.24) is 10.3 Å². The minimum absolute atomic E-state index is 0.332. The largest absolute Gasteiger partial charge is 0.468 e. The number of thiazole rings is 1. The quantitative estimate of drug-likeness (QED) is 0.572. The normalized spacial score (nSPS) is 12.4. The van der Waals surface area contributed by atoms with Crippen LogP contribution in [0.15, 0.2) is 11.6 Å². The zero-order valence-electron chi connectivity index (χ0n) is 8.73. The molecule has 0 spiro atoms. The van der Waals surface area contributed by atoms with E-state index in [9.17, 15) is 4.79 Å². The number of nitrogens with zero attached hydrogens (tertiary/aromatic N) is 1. The fourth-order valence-electron chi connectivity index (χ4n) is 1.07. The molecule has 1 aromatic heterocycles. The summed E-state index contributed by atoms with van der Waals surface area (Å²) in [4.78, 5) is 15.5. The van der Waals surface area contributed by atoms with Crippen LogP contribution in [0, 0.1) is 0 Å². The SMILES string of the molecule is COCCNC(C(=O)OC)c1nccs1. The van der Waals surface area contributed by atoms with Crippen LogP contribution in [0.2, 0.25) is 0 Å². The van der Waals surface area contributed by atoms with Crippen molar-refractivity contribution in [3.8, 4) is 0 Å². The number of hydrogen-bond donors (Lipinski definition) is 1. The summed E-state index contributed by atoms with van der Waals surface area (Å²) in [5, 5.41) is 5.55. The standard InChI is InChI=1S/C9H14N2O3S/c1-13-5-3-10-7(9(12)14-2)8-11-4-6-15-8/h4,6-7,10H,3,5H2,1-2H3. The van der Waals surface area contributed by atoms with E-state index in [0.29, 0.717) is 18.2 Å². The molecule has 1 N–H and O–H groups in total. The first-order valence-electron chi connectivity index (χ1n) is 4.49. The predicted octanol–water partition coefficient (Wildman–Crippen LogP) is 0.593. The molecule has 0 aliphatic heterocycles. The van der Waals surface area contributed by atoms with Gasteiger partial charge in [-0.15, -0.1) is 11.3 Å². The maximum Gasteiger partial charge on any atom is 0.330 e. The summed E-state index contributed by atoms with van der Waals surface area (Å²) in [5.41, 5.74) is 0. The topological polar surface area (TPSA) is 60.5 Å². The number of hydrogen-bond acceptors (Lipinski definition) is 6. The van der Waals surface area contributed by atoms with Crippen molar-refractivity contribution in [3.05, 3.63) is 16.6 Å². The molecule has 0 fully saturated rings. The van der Waals surface area contributed by atoms with Crippen molar-refractivity contribution in [1.29, 1.82) is 0 Å². The molecule has 0 aliphatic rings. The van der Waals surface area contributed by atoms with E-state index in [-0.39, 0.29) is 5.97 Å². The Morgan fingerprint density at radius 2 is 2.47 bits per heavy atom. The highest BCUT2D eigenvalue weighted by Gasteiger charge is 2.22. The van der Waals surface area contributed by atoms with Crippen LogP contribution >= 0.6 is 11.3 Å². The van der Waals surface area contributed by atoms with Gasteiger partial charge in [0.1, 0.15) is 5.01 Å². The average molecular weight is 230 g/mol. The molecule has 0 radical (unpaired) electrons. The van der Waals surface area contributed by atoms with Crippen molar-refractivity contribution in [2.45, 2.75) is 6.04 Å². The van der Waals surface area contributed by atoms with E-state index in [4.69, 9.17) is 9.47 Å². The molecule has 0 aliphatic carbocycles. The van der Waals surface area contributed by atoms with Gasteiger partial charge in [0, 0.05) is 25.2 Å². The third-order valence-electron chi connectivity index (χ3n) is 1.79. The Bertz CT molecular complexity index is 290. The number of ether oxygens (including phenoxy) is 2. The highest BCUT2D eigenvalue weighted by atomic mass is 32.1. The zero-order valence-corrected chi connectivity index (χ0v) is 9.54. The van der Waals surface area contributed by atoms with E-state index in [1.165, 1.54) is 18.4 Å². The number of aromatic nitrogens is 1. The lowest BCUT2D eigenvalue weighted by Crippen LogP contribution is -2.31. The van der Waals surface area contributed by atoms with Crippen LogP contribution in [0.5, 0.6) is 0 Å². The smallest absolute Gasteiger partial charge is 0.330 e. The van der Waals surface area contributed by atoms with Crippen LogP contribution in [-0.4, -0.2) is 38.3 Å². The number of methoxy groups -OCH3 is 2. The van der Waals surface area contributed by atoms with E-state index in [0.717, 1.165) is 0 Å². The van der Waals surface area contributed by atoms with Crippen LogP contribution in [0.3, 0.4) is 0 Å². The maximum absolute atomic E-state index is 11.4. The molecule has 0 saturated heterocycles. The Balaban J connectivity index is 2.58. The van der Waals surface area contributed by atoms with E-state index >= 15 is 0 Å². The van der Waals surface area contributed by atoms with Crippen LogP contribution < -0.4 is 5.32 Å². The molecule has 15 heavy (non-hydrogen) atoms. The summed E-state index contributed by atoms with van der Waals surface area (Å²) >= 11 is 1.42. The van der Waals surface area contributed by atoms with Gasteiger partial charge in [-0.25, -0.2) is 9.78 Å². The predicted molar refractivity (Wildman–Crippen MR) is 56.7 cm³/mol. The molecule has 1 rings (SSSR count). The van der Waals surface area contributed by atoms with E-state index < -0.39 is 6.04 Å². The second-order valence-corrected chi connectivity index (χ2v) is 3.70. The molecule has 0 bridgehead atoms. The van der Waals surface area contributed by atoms with Crippen molar-refractivity contribution in [2.24, 2.45) is 0 Å². The summed E-state index contributed by atoms with van der Waals surface area (Å²) in [5.74, 6) is -0.332. The van der Waals surface area contributed by atoms with Gasteiger partial charge >= 0.3 is 5.97 Å². The lowest BCUT2D eigenvalue weighted by molar-refractivity contribution is -0.143. The molecular weight excluding hydrogens is 216 g/mol. The number of esters is 1. The summed E-state index contributed by atoms with van der Waals surface area (Å²) in [6, 6.07) is -0.495. The van der Waals surface area contributed by atoms with Crippen molar-refractivity contribution in [2.75, 3.05) is 27.4 Å². The van der Waals surface area contributed by atoms with E-state index in [2.05, 4.69) is 10.3 Å². The molecular formula is C9H14N2O3S. The summed E-state index contributed by atoms with van der Waals surface area (Å²) in [7, 11) is 2.97. The van der Waals surface area contributed by atoms with Crippen LogP contribution in [0.1, 0.15) is 11.0 Å². The van der Waals surface area contributed by atoms with Gasteiger partial charge in [-0.1, -0.05) is 0 Å². The Labute approximate surface area is 92.4 Å². The second-order valence-electron chi connectivity index (χ2n) is 2.77. The van der Waals surface area contributed by atoms with Crippen LogP contribution in [-0.2, 0) is 14.3 Å². The van der Waals surface area contributed by atoms with Gasteiger partial charge in [0.15, 0.2) is 6.04 Å². The highest BCUT2D eigenvalue weighted by molar-refractivity contribution is 7.09. The van der Waals surface area contributed by atoms with Gasteiger partial charge in [0.2, 0.25) is 0 Å². The first-order valence-corrected chi connectivity index (χ1v) is 5.37. The molecule has 1 atom stereocenters. The second kappa shape index (κ2) is 6.49. The maximum atomic E-state index is 11.4. The Hall–Kier alpha value is -0.980. The molecule has 0 aromatic carbocycles. The summed E-state index contributed by atoms with van der Waals surface area (Å²) in [6.07, 6.45) is 1.66. The van der Waals surface area contributed by atoms with Crippen molar-refractivity contribution in [3.63, 3.8) is 0 Å². The van der Waals surface area contributed by atoms with E-state index in [1.807, 2.05) is 5.38 Å². The molecule has 1 aromatic rings. The summed E-state index contributed by atoms with van der Waals surface area (Å²) < 4.78 is 9.58. The number of nitrogens with one attached hydrogen (secondary N) is 1. The Morgan fingerprint density at radius 3 is 3.00 bits per heavy atom. The number of carbonyl (C=O) groups is 1. The van der Waals surface area contributed by atoms with Gasteiger partial charge in [-0.2, -0.15) is 0 Å². The molecule has 0 amide bonds. The molecule has 5 nitrogen and oxygen atoms in total. The Kier molecular flexibility index (Phi) is 5.23. The first-order chi connectivity index (χ1) is 7.29. The Morgan fingerprint density at radius 1 is 1.67 bits per heavy atom. The minimum Gasteiger partial charge on any atom is -0.468 e. The third kappa shape index (κ3) is 3.58. The lowest BCUT2D eigenvalue weighted by atomic mass is 10.3. The fraction of sp³-hybridized carbons (Fsp3) is 0.556. The first kappa shape index (κ1) is 12.1. The molecule has 84 valence electrons. The van der Waals surface area contributed by atoms with Gasteiger partial charge in [-0.05, 0) is 0 Å². The molecule has 6 heteroatoms. The van der Waals surface area contributed by atoms with Gasteiger partial charge in [0.05, 0.1) is 13.7 Å². The van der Waals surface area contributed by atoms with Gasteiger partial charge in [-0.3, -0.25) is 5.32 Å². The van der Waals surface area contributed by atoms with Crippen LogP contribution in [0.4, 0.5) is 0 Å². The van der Waals surface area contributed by atoms with Crippen LogP contribution in [0.25, 0.3) is 0 Å². The van der Waals surface area contributed by atoms with Gasteiger partial charge < -0.3 is 9.47 Å². The third-order valence-corrected chi connectivity index (χ3v) is 2.63. The van der Waals surface area contributed by atoms with E-state index in [1.54, 1.807) is 13.3 Å². The minimum atomic E-state index is -0.495. The fourth-order valence-corrected chi connectivity index (χ4v) is 1.77. The zero-order chi connectivity index (χ0) is 11.1. The average Bonchev–Trinajstić information content (AvgIpc) is 2.77.